The van der Waals surface area contributed by atoms with Gasteiger partial charge in [-0.05, 0) is 40.5 Å². The van der Waals surface area contributed by atoms with Crippen molar-refractivity contribution in [2.24, 2.45) is 5.92 Å². The number of hydrogen-bond acceptors (Lipinski definition) is 7. The molecule has 0 saturated carbocycles. The molecule has 10 heteroatoms. The Kier molecular flexibility index (Phi) is 5.42. The number of sulfonamides is 1. The quantitative estimate of drug-likeness (QED) is 0.707. The van der Waals surface area contributed by atoms with Crippen LogP contribution in [0.5, 0.6) is 0 Å². The van der Waals surface area contributed by atoms with Crippen LogP contribution < -0.4 is 5.56 Å². The fraction of sp³-hybridized carbons (Fsp3) is 0.588. The number of piperidine rings is 1. The van der Waals surface area contributed by atoms with Crippen molar-refractivity contribution in [2.75, 3.05) is 19.7 Å². The normalized spacial score (nSPS) is 16.7. The molecule has 2 aromatic rings. The maximum Gasteiger partial charge on any atom is 0.309 e. The highest BCUT2D eigenvalue weighted by atomic mass is 32.2. The predicted molar refractivity (Wildman–Crippen MR) is 102 cm³/mol. The van der Waals surface area contributed by atoms with Gasteiger partial charge in [0.25, 0.3) is 5.56 Å². The molecule has 0 spiro atoms. The number of carbonyl (C=O) groups is 1. The fourth-order valence-corrected chi connectivity index (χ4v) is 6.03. The highest BCUT2D eigenvalue weighted by Gasteiger charge is 2.36. The van der Waals surface area contributed by atoms with Crippen molar-refractivity contribution in [2.45, 2.75) is 45.4 Å². The topological polar surface area (TPSA) is 98.0 Å². The van der Waals surface area contributed by atoms with Crippen molar-refractivity contribution in [3.63, 3.8) is 0 Å². The van der Waals surface area contributed by atoms with Crippen LogP contribution in [0.2, 0.25) is 0 Å². The van der Waals surface area contributed by atoms with Crippen molar-refractivity contribution < 1.29 is 17.9 Å². The smallest absolute Gasteiger partial charge is 0.309 e. The van der Waals surface area contributed by atoms with Crippen LogP contribution in [0.1, 0.15) is 36.0 Å². The van der Waals surface area contributed by atoms with E-state index in [1.165, 1.54) is 20.0 Å². The second kappa shape index (κ2) is 7.33. The molecular formula is C17H23N3O5S2. The lowest BCUT2D eigenvalue weighted by atomic mass is 9.98. The Morgan fingerprint density at radius 3 is 2.48 bits per heavy atom. The maximum atomic E-state index is 13.2. The largest absolute Gasteiger partial charge is 0.466 e. The van der Waals surface area contributed by atoms with Crippen molar-refractivity contribution in [1.29, 1.82) is 0 Å². The molecule has 0 atom stereocenters. The lowest BCUT2D eigenvalue weighted by molar-refractivity contribution is -0.149. The number of hydrogen-bond donors (Lipinski definition) is 0. The number of rotatable bonds is 4. The summed E-state index contributed by atoms with van der Waals surface area (Å²) in [6.45, 7) is 7.59. The van der Waals surface area contributed by atoms with E-state index < -0.39 is 15.6 Å². The molecular weight excluding hydrogens is 390 g/mol. The van der Waals surface area contributed by atoms with Crippen molar-refractivity contribution in [3.8, 4) is 0 Å². The van der Waals surface area contributed by atoms with Gasteiger partial charge in [-0.3, -0.25) is 14.0 Å². The van der Waals surface area contributed by atoms with Gasteiger partial charge in [0, 0.05) is 23.7 Å². The first-order valence-corrected chi connectivity index (χ1v) is 11.1. The Labute approximate surface area is 161 Å². The second-order valence-corrected chi connectivity index (χ2v) is 9.68. The Hall–Kier alpha value is -1.78. The lowest BCUT2D eigenvalue weighted by Crippen LogP contribution is -2.43. The van der Waals surface area contributed by atoms with Crippen molar-refractivity contribution in [1.82, 2.24) is 13.7 Å². The molecule has 0 N–H and O–H groups in total. The Bertz CT molecular complexity index is 1050. The third-order valence-corrected chi connectivity index (χ3v) is 8.03. The van der Waals surface area contributed by atoms with Gasteiger partial charge in [0.05, 0.1) is 18.2 Å². The monoisotopic (exact) mass is 413 g/mol. The highest BCUT2D eigenvalue weighted by Crippen LogP contribution is 2.26. The van der Waals surface area contributed by atoms with E-state index in [9.17, 15) is 18.0 Å². The van der Waals surface area contributed by atoms with Gasteiger partial charge in [-0.25, -0.2) is 13.4 Å². The molecule has 8 nitrogen and oxygen atoms in total. The molecule has 2 aromatic heterocycles. The summed E-state index contributed by atoms with van der Waals surface area (Å²) in [6, 6.07) is 0. The molecule has 1 fully saturated rings. The summed E-state index contributed by atoms with van der Waals surface area (Å²) in [7, 11) is -3.99. The summed E-state index contributed by atoms with van der Waals surface area (Å²) >= 11 is 1.36. The van der Waals surface area contributed by atoms with E-state index in [1.807, 2.05) is 6.92 Å². The minimum atomic E-state index is -3.99. The van der Waals surface area contributed by atoms with E-state index in [-0.39, 0.29) is 35.6 Å². The van der Waals surface area contributed by atoms with Gasteiger partial charge in [0.2, 0.25) is 10.0 Å². The van der Waals surface area contributed by atoms with Crippen molar-refractivity contribution in [3.05, 3.63) is 26.6 Å². The minimum absolute atomic E-state index is 0.176. The van der Waals surface area contributed by atoms with Gasteiger partial charge >= 0.3 is 5.97 Å². The molecule has 0 amide bonds. The van der Waals surface area contributed by atoms with Gasteiger partial charge < -0.3 is 4.74 Å². The second-order valence-electron chi connectivity index (χ2n) is 6.62. The summed E-state index contributed by atoms with van der Waals surface area (Å²) in [6.07, 6.45) is 0.759. The van der Waals surface area contributed by atoms with Gasteiger partial charge in [0.15, 0.2) is 9.86 Å². The summed E-state index contributed by atoms with van der Waals surface area (Å²) in [5, 5.41) is 0. The first-order valence-electron chi connectivity index (χ1n) is 8.84. The van der Waals surface area contributed by atoms with Gasteiger partial charge in [0.1, 0.15) is 0 Å². The van der Waals surface area contributed by atoms with Crippen LogP contribution in [0, 0.1) is 26.7 Å². The van der Waals surface area contributed by atoms with Crippen molar-refractivity contribution >= 4 is 32.3 Å². The summed E-state index contributed by atoms with van der Waals surface area (Å²) in [5.74, 6) is -0.598. The number of aromatic nitrogens is 2. The number of carbonyl (C=O) groups excluding carboxylic acids is 1. The van der Waals surface area contributed by atoms with E-state index in [0.29, 0.717) is 30.1 Å². The minimum Gasteiger partial charge on any atom is -0.466 e. The average Bonchev–Trinajstić information content (AvgIpc) is 2.89. The number of nitrogens with zero attached hydrogens (tertiary/aromatic N) is 3. The number of aryl methyl sites for hydroxylation is 3. The van der Waals surface area contributed by atoms with E-state index in [2.05, 4.69) is 4.98 Å². The van der Waals surface area contributed by atoms with E-state index in [0.717, 1.165) is 4.88 Å². The molecule has 0 aromatic carbocycles. The summed E-state index contributed by atoms with van der Waals surface area (Å²) in [4.78, 5) is 30.3. The molecule has 0 bridgehead atoms. The van der Waals surface area contributed by atoms with Crippen LogP contribution in [0.15, 0.2) is 9.69 Å². The van der Waals surface area contributed by atoms with E-state index >= 15 is 0 Å². The standard InChI is InChI=1S/C17H23N3O5S2/c1-5-25-16(22)13-6-8-19(9-7-13)27(23,24)14-10(2)18-17-20(15(14)21)11(3)12(4)26-17/h13H,5-9H2,1-4H3. The summed E-state index contributed by atoms with van der Waals surface area (Å²) < 4.78 is 34.0. The first kappa shape index (κ1) is 20.0. The predicted octanol–water partition coefficient (Wildman–Crippen LogP) is 1.65. The van der Waals surface area contributed by atoms with Gasteiger partial charge in [-0.2, -0.15) is 4.31 Å². The van der Waals surface area contributed by atoms with E-state index in [1.54, 1.807) is 20.8 Å². The molecule has 1 aliphatic rings. The summed E-state index contributed by atoms with van der Waals surface area (Å²) in [5.41, 5.74) is 0.339. The zero-order chi connectivity index (χ0) is 19.9. The lowest BCUT2D eigenvalue weighted by Gasteiger charge is -2.30. The number of thiazole rings is 1. The number of esters is 1. The zero-order valence-electron chi connectivity index (χ0n) is 15.8. The van der Waals surface area contributed by atoms with Crippen LogP contribution in [-0.2, 0) is 19.6 Å². The molecule has 0 radical (unpaired) electrons. The third-order valence-electron chi connectivity index (χ3n) is 4.94. The molecule has 3 rings (SSSR count). The Morgan fingerprint density at radius 2 is 1.89 bits per heavy atom. The molecule has 0 unspecified atom stereocenters. The van der Waals surface area contributed by atoms with Crippen LogP contribution in [-0.4, -0.2) is 47.8 Å². The fourth-order valence-electron chi connectivity index (χ4n) is 3.34. The molecule has 0 aliphatic carbocycles. The average molecular weight is 414 g/mol. The first-order chi connectivity index (χ1) is 12.7. The Morgan fingerprint density at radius 1 is 1.26 bits per heavy atom. The number of ether oxygens (including phenoxy) is 1. The number of fused-ring (bicyclic) bond motifs is 1. The van der Waals surface area contributed by atoms with Crippen LogP contribution in [0.4, 0.5) is 0 Å². The van der Waals surface area contributed by atoms with Crippen LogP contribution in [0.25, 0.3) is 4.96 Å². The zero-order valence-corrected chi connectivity index (χ0v) is 17.4. The van der Waals surface area contributed by atoms with Crippen LogP contribution >= 0.6 is 11.3 Å². The van der Waals surface area contributed by atoms with Gasteiger partial charge in [-0.15, -0.1) is 11.3 Å². The molecule has 27 heavy (non-hydrogen) atoms. The molecule has 1 saturated heterocycles. The highest BCUT2D eigenvalue weighted by molar-refractivity contribution is 7.89. The SMILES string of the molecule is CCOC(=O)C1CCN(S(=O)(=O)c2c(C)nc3sc(C)c(C)n3c2=O)CC1. The van der Waals surface area contributed by atoms with Crippen LogP contribution in [0.3, 0.4) is 0 Å². The molecule has 1 aliphatic heterocycles. The third kappa shape index (κ3) is 3.41. The maximum absolute atomic E-state index is 13.2. The van der Waals surface area contributed by atoms with Gasteiger partial charge in [-0.1, -0.05) is 0 Å². The van der Waals surface area contributed by atoms with E-state index in [4.69, 9.17) is 4.74 Å². The molecule has 148 valence electrons. The Balaban J connectivity index is 1.96. The molecule has 3 heterocycles.